The molecule has 0 radical (unpaired) electrons. The number of alkyl halides is 2. The monoisotopic (exact) mass is 276 g/mol. The normalized spacial score (nSPS) is 15.1. The summed E-state index contributed by atoms with van der Waals surface area (Å²) in [6, 6.07) is 0. The second-order valence-electron chi connectivity index (χ2n) is 4.04. The molecule has 1 atom stereocenters. The number of halogens is 2. The fourth-order valence-electron chi connectivity index (χ4n) is 1.39. The Labute approximate surface area is 114 Å². The summed E-state index contributed by atoms with van der Waals surface area (Å²) in [6.07, 6.45) is 9.61. The zero-order valence-electron chi connectivity index (χ0n) is 11.1. The number of carbonyl (C=O) groups is 1. The molecule has 0 spiro atoms. The van der Waals surface area contributed by atoms with Gasteiger partial charge in [0.05, 0.1) is 6.61 Å². The van der Waals surface area contributed by atoms with Crippen LogP contribution in [0.25, 0.3) is 0 Å². The van der Waals surface area contributed by atoms with E-state index >= 15 is 0 Å². The Morgan fingerprint density at radius 3 is 2.61 bits per heavy atom. The molecule has 0 rings (SSSR count). The molecule has 0 bridgehead atoms. The molecule has 0 aliphatic rings. The van der Waals surface area contributed by atoms with Gasteiger partial charge in [0.15, 0.2) is 0 Å². The molecule has 2 nitrogen and oxygen atoms in total. The van der Waals surface area contributed by atoms with Gasteiger partial charge in [0.25, 0.3) is 0 Å². The number of esters is 1. The first kappa shape index (κ1) is 17.2. The highest BCUT2D eigenvalue weighted by Crippen LogP contribution is 2.26. The summed E-state index contributed by atoms with van der Waals surface area (Å²) in [5.74, 6) is -0.441. The third kappa shape index (κ3) is 10.3. The third-order valence-corrected chi connectivity index (χ3v) is 2.65. The van der Waals surface area contributed by atoms with Gasteiger partial charge in [-0.3, -0.25) is 0 Å². The Morgan fingerprint density at radius 2 is 2.00 bits per heavy atom. The first-order valence-electron chi connectivity index (χ1n) is 6.42. The molecule has 0 aliphatic carbocycles. The molecule has 104 valence electrons. The minimum Gasteiger partial charge on any atom is -0.463 e. The number of rotatable bonds is 9. The molecule has 0 N–H and O–H groups in total. The van der Waals surface area contributed by atoms with E-state index in [9.17, 15) is 9.18 Å². The van der Waals surface area contributed by atoms with Crippen LogP contribution in [0.3, 0.4) is 0 Å². The highest BCUT2D eigenvalue weighted by molar-refractivity contribution is 6.24. The fraction of sp³-hybridized carbons (Fsp3) is 0.643. The second-order valence-corrected chi connectivity index (χ2v) is 4.67. The minimum absolute atomic E-state index is 0.290. The Morgan fingerprint density at radius 1 is 1.28 bits per heavy atom. The lowest BCUT2D eigenvalue weighted by atomic mass is 10.1. The van der Waals surface area contributed by atoms with Gasteiger partial charge < -0.3 is 4.74 Å². The SMILES string of the molecule is CCCCCCC(F)(Cl)/C=C/C=C/C(=O)OCC. The number of allylic oxidation sites excluding steroid dienone is 3. The van der Waals surface area contributed by atoms with Gasteiger partial charge >= 0.3 is 5.97 Å². The summed E-state index contributed by atoms with van der Waals surface area (Å²) in [4.78, 5) is 10.9. The van der Waals surface area contributed by atoms with Crippen LogP contribution in [0.5, 0.6) is 0 Å². The highest BCUT2D eigenvalue weighted by Gasteiger charge is 2.20. The summed E-state index contributed by atoms with van der Waals surface area (Å²) >= 11 is 5.69. The van der Waals surface area contributed by atoms with Crippen molar-refractivity contribution in [1.29, 1.82) is 0 Å². The van der Waals surface area contributed by atoms with Gasteiger partial charge in [0.1, 0.15) is 0 Å². The molecular formula is C14H22ClFO2. The van der Waals surface area contributed by atoms with Crippen molar-refractivity contribution < 1.29 is 13.9 Å². The molecule has 0 saturated carbocycles. The number of unbranched alkanes of at least 4 members (excludes halogenated alkanes) is 3. The van der Waals surface area contributed by atoms with Crippen LogP contribution in [0, 0.1) is 0 Å². The van der Waals surface area contributed by atoms with Crippen molar-refractivity contribution in [3.63, 3.8) is 0 Å². The van der Waals surface area contributed by atoms with Crippen LogP contribution in [-0.2, 0) is 9.53 Å². The van der Waals surface area contributed by atoms with E-state index in [1.54, 1.807) is 6.92 Å². The van der Waals surface area contributed by atoms with Crippen molar-refractivity contribution in [3.05, 3.63) is 24.3 Å². The van der Waals surface area contributed by atoms with E-state index in [0.29, 0.717) is 6.61 Å². The summed E-state index contributed by atoms with van der Waals surface area (Å²) in [5, 5.41) is -1.83. The van der Waals surface area contributed by atoms with Gasteiger partial charge in [-0.2, -0.15) is 0 Å². The van der Waals surface area contributed by atoms with Gasteiger partial charge in [0.2, 0.25) is 5.13 Å². The maximum atomic E-state index is 13.7. The molecule has 0 aromatic rings. The van der Waals surface area contributed by atoms with Crippen LogP contribution in [-0.4, -0.2) is 17.7 Å². The molecule has 0 aromatic carbocycles. The van der Waals surface area contributed by atoms with Crippen LogP contribution >= 0.6 is 11.6 Å². The fourth-order valence-corrected chi connectivity index (χ4v) is 1.60. The quantitative estimate of drug-likeness (QED) is 0.203. The second kappa shape index (κ2) is 10.1. The van der Waals surface area contributed by atoms with Gasteiger partial charge in [-0.05, 0) is 25.8 Å². The van der Waals surface area contributed by atoms with Gasteiger partial charge in [-0.15, -0.1) is 0 Å². The summed E-state index contributed by atoms with van der Waals surface area (Å²) < 4.78 is 18.4. The Kier molecular flexibility index (Phi) is 9.66. The number of hydrogen-bond acceptors (Lipinski definition) is 2. The molecule has 4 heteroatoms. The van der Waals surface area contributed by atoms with E-state index in [4.69, 9.17) is 11.6 Å². The predicted octanol–water partition coefficient (Wildman–Crippen LogP) is 4.54. The first-order valence-corrected chi connectivity index (χ1v) is 6.80. The predicted molar refractivity (Wildman–Crippen MR) is 73.4 cm³/mol. The highest BCUT2D eigenvalue weighted by atomic mass is 35.5. The zero-order chi connectivity index (χ0) is 13.9. The molecule has 0 aromatic heterocycles. The minimum atomic E-state index is -1.83. The van der Waals surface area contributed by atoms with E-state index in [1.807, 2.05) is 0 Å². The lowest BCUT2D eigenvalue weighted by Crippen LogP contribution is -2.09. The average Bonchev–Trinajstić information content (AvgIpc) is 2.31. The summed E-state index contributed by atoms with van der Waals surface area (Å²) in [5.41, 5.74) is 0. The molecule has 1 unspecified atom stereocenters. The van der Waals surface area contributed by atoms with Gasteiger partial charge in [-0.1, -0.05) is 49.9 Å². The molecule has 0 aliphatic heterocycles. The van der Waals surface area contributed by atoms with Crippen LogP contribution in [0.1, 0.15) is 46.0 Å². The van der Waals surface area contributed by atoms with E-state index in [-0.39, 0.29) is 6.42 Å². The molecule has 0 heterocycles. The summed E-state index contributed by atoms with van der Waals surface area (Å²) in [6.45, 7) is 4.15. The molecule has 0 amide bonds. The van der Waals surface area contributed by atoms with Crippen molar-refractivity contribution >= 4 is 17.6 Å². The number of carbonyl (C=O) groups excluding carboxylic acids is 1. The maximum absolute atomic E-state index is 13.7. The van der Waals surface area contributed by atoms with Crippen LogP contribution in [0.2, 0.25) is 0 Å². The third-order valence-electron chi connectivity index (χ3n) is 2.33. The number of ether oxygens (including phenoxy) is 1. The lowest BCUT2D eigenvalue weighted by Gasteiger charge is -2.12. The largest absolute Gasteiger partial charge is 0.463 e. The maximum Gasteiger partial charge on any atom is 0.330 e. The molecule has 0 saturated heterocycles. The van der Waals surface area contributed by atoms with E-state index in [1.165, 1.54) is 24.3 Å². The summed E-state index contributed by atoms with van der Waals surface area (Å²) in [7, 11) is 0. The smallest absolute Gasteiger partial charge is 0.330 e. The van der Waals surface area contributed by atoms with Gasteiger partial charge in [-0.25, -0.2) is 9.18 Å². The zero-order valence-corrected chi connectivity index (χ0v) is 11.9. The Balaban J connectivity index is 3.95. The van der Waals surface area contributed by atoms with Crippen molar-refractivity contribution in [2.45, 2.75) is 51.1 Å². The van der Waals surface area contributed by atoms with E-state index < -0.39 is 11.1 Å². The van der Waals surface area contributed by atoms with Crippen molar-refractivity contribution in [2.24, 2.45) is 0 Å². The van der Waals surface area contributed by atoms with E-state index in [0.717, 1.165) is 25.7 Å². The Hall–Kier alpha value is -0.830. The van der Waals surface area contributed by atoms with Crippen LogP contribution in [0.15, 0.2) is 24.3 Å². The van der Waals surface area contributed by atoms with E-state index in [2.05, 4.69) is 11.7 Å². The molecular weight excluding hydrogens is 255 g/mol. The van der Waals surface area contributed by atoms with Gasteiger partial charge in [0, 0.05) is 6.08 Å². The van der Waals surface area contributed by atoms with Crippen molar-refractivity contribution in [2.75, 3.05) is 6.61 Å². The lowest BCUT2D eigenvalue weighted by molar-refractivity contribution is -0.137. The first-order chi connectivity index (χ1) is 8.52. The Bertz CT molecular complexity index is 286. The topological polar surface area (TPSA) is 26.3 Å². The number of hydrogen-bond donors (Lipinski definition) is 0. The molecule has 18 heavy (non-hydrogen) atoms. The van der Waals surface area contributed by atoms with Crippen molar-refractivity contribution in [3.8, 4) is 0 Å². The van der Waals surface area contributed by atoms with Crippen LogP contribution < -0.4 is 0 Å². The average molecular weight is 277 g/mol. The standard InChI is InChI=1S/C14H22ClFO2/c1-3-5-6-8-11-14(15,16)12-9-7-10-13(17)18-4-2/h7,9-10,12H,3-6,8,11H2,1-2H3/b10-7+,12-9+. The van der Waals surface area contributed by atoms with Crippen molar-refractivity contribution in [1.82, 2.24) is 0 Å². The van der Waals surface area contributed by atoms with Crippen LogP contribution in [0.4, 0.5) is 4.39 Å². The molecule has 0 fully saturated rings.